The van der Waals surface area contributed by atoms with Crippen LogP contribution in [-0.4, -0.2) is 48.8 Å². The molecule has 0 bridgehead atoms. The number of carbonyl (C=O) groups is 1. The van der Waals surface area contributed by atoms with Gasteiger partial charge in [0.1, 0.15) is 11.9 Å². The Bertz CT molecular complexity index is 1290. The average Bonchev–Trinajstić information content (AvgIpc) is 3.19. The standard InChI is InChI=1S/C23H20ClF3N6O2/c1-35-22(34)20-19(29)14(11-28)13-33(20)17-4-2-16(3-5-17)31-6-8-32(9-7-31)21-18(24)10-15(12-30-21)23(25,26)27/h2-5,10,12-13H,6-9,29H2,1H3. The lowest BCUT2D eigenvalue weighted by Crippen LogP contribution is -2.47. The molecule has 182 valence electrons. The van der Waals surface area contributed by atoms with E-state index in [2.05, 4.69) is 9.88 Å². The van der Waals surface area contributed by atoms with E-state index in [-0.39, 0.29) is 22.0 Å². The van der Waals surface area contributed by atoms with E-state index in [0.29, 0.717) is 37.7 Å². The minimum Gasteiger partial charge on any atom is -0.464 e. The molecule has 12 heteroatoms. The van der Waals surface area contributed by atoms with Crippen molar-refractivity contribution in [3.8, 4) is 11.8 Å². The summed E-state index contributed by atoms with van der Waals surface area (Å²) < 4.78 is 44.9. The minimum atomic E-state index is -4.50. The summed E-state index contributed by atoms with van der Waals surface area (Å²) in [5.74, 6) is -0.330. The van der Waals surface area contributed by atoms with Gasteiger partial charge in [0.2, 0.25) is 0 Å². The number of benzene rings is 1. The van der Waals surface area contributed by atoms with Crippen molar-refractivity contribution in [1.82, 2.24) is 9.55 Å². The first kappa shape index (κ1) is 24.2. The van der Waals surface area contributed by atoms with Crippen LogP contribution in [0.1, 0.15) is 21.6 Å². The molecule has 4 rings (SSSR count). The Labute approximate surface area is 203 Å². The molecule has 1 saturated heterocycles. The van der Waals surface area contributed by atoms with Crippen LogP contribution in [0.15, 0.2) is 42.7 Å². The van der Waals surface area contributed by atoms with Crippen molar-refractivity contribution in [1.29, 1.82) is 5.26 Å². The van der Waals surface area contributed by atoms with Gasteiger partial charge in [0.15, 0.2) is 5.69 Å². The fraction of sp³-hybridized carbons (Fsp3) is 0.261. The number of nitrogens with zero attached hydrogens (tertiary/aromatic N) is 5. The Morgan fingerprint density at radius 2 is 1.74 bits per heavy atom. The summed E-state index contributed by atoms with van der Waals surface area (Å²) in [6.07, 6.45) is -2.23. The molecule has 35 heavy (non-hydrogen) atoms. The Balaban J connectivity index is 1.48. The summed E-state index contributed by atoms with van der Waals surface area (Å²) in [7, 11) is 1.24. The van der Waals surface area contributed by atoms with E-state index in [1.54, 1.807) is 12.1 Å². The molecule has 2 aromatic heterocycles. The number of nitrogens with two attached hydrogens (primary N) is 1. The largest absolute Gasteiger partial charge is 0.464 e. The number of rotatable bonds is 4. The van der Waals surface area contributed by atoms with Crippen LogP contribution in [0.5, 0.6) is 0 Å². The van der Waals surface area contributed by atoms with Gasteiger partial charge in [0, 0.05) is 49.9 Å². The third-order valence-electron chi connectivity index (χ3n) is 5.76. The van der Waals surface area contributed by atoms with Gasteiger partial charge >= 0.3 is 12.1 Å². The summed E-state index contributed by atoms with van der Waals surface area (Å²) >= 11 is 6.08. The van der Waals surface area contributed by atoms with Crippen molar-refractivity contribution in [3.63, 3.8) is 0 Å². The zero-order valence-electron chi connectivity index (χ0n) is 18.5. The van der Waals surface area contributed by atoms with Crippen LogP contribution < -0.4 is 15.5 Å². The van der Waals surface area contributed by atoms with Crippen molar-refractivity contribution in [3.05, 3.63) is 64.6 Å². The molecule has 1 fully saturated rings. The molecular weight excluding hydrogens is 485 g/mol. The predicted molar refractivity (Wildman–Crippen MR) is 125 cm³/mol. The molecule has 0 amide bonds. The van der Waals surface area contributed by atoms with Gasteiger partial charge in [-0.1, -0.05) is 11.6 Å². The number of nitrogen functional groups attached to an aromatic ring is 1. The second kappa shape index (κ2) is 9.38. The van der Waals surface area contributed by atoms with Crippen LogP contribution in [0.4, 0.5) is 30.4 Å². The van der Waals surface area contributed by atoms with Crippen LogP contribution in [0.25, 0.3) is 5.69 Å². The zero-order chi connectivity index (χ0) is 25.3. The van der Waals surface area contributed by atoms with Gasteiger partial charge in [-0.2, -0.15) is 18.4 Å². The molecule has 0 unspecified atom stereocenters. The Hall–Kier alpha value is -3.91. The third kappa shape index (κ3) is 4.70. The lowest BCUT2D eigenvalue weighted by molar-refractivity contribution is -0.137. The molecule has 2 N–H and O–H groups in total. The second-order valence-corrected chi connectivity index (χ2v) is 8.20. The number of piperazine rings is 1. The van der Waals surface area contributed by atoms with Crippen LogP contribution >= 0.6 is 11.6 Å². The Morgan fingerprint density at radius 1 is 1.14 bits per heavy atom. The number of aromatic nitrogens is 2. The number of halogens is 4. The normalized spacial score (nSPS) is 14.1. The number of esters is 1. The highest BCUT2D eigenvalue weighted by molar-refractivity contribution is 6.33. The van der Waals surface area contributed by atoms with Crippen LogP contribution in [0, 0.1) is 11.3 Å². The van der Waals surface area contributed by atoms with Crippen LogP contribution in [0.2, 0.25) is 5.02 Å². The van der Waals surface area contributed by atoms with Crippen molar-refractivity contribution in [2.24, 2.45) is 0 Å². The maximum Gasteiger partial charge on any atom is 0.417 e. The molecule has 8 nitrogen and oxygen atoms in total. The second-order valence-electron chi connectivity index (χ2n) is 7.80. The molecule has 1 aliphatic rings. The predicted octanol–water partition coefficient (Wildman–Crippen LogP) is 4.11. The molecule has 0 atom stereocenters. The van der Waals surface area contributed by atoms with E-state index in [1.165, 1.54) is 17.9 Å². The number of hydrogen-bond donors (Lipinski definition) is 1. The Morgan fingerprint density at radius 3 is 2.29 bits per heavy atom. The van der Waals surface area contributed by atoms with Gasteiger partial charge in [0.25, 0.3) is 0 Å². The first-order valence-electron chi connectivity index (χ1n) is 10.5. The molecule has 1 aromatic carbocycles. The quantitative estimate of drug-likeness (QED) is 0.534. The van der Waals surface area contributed by atoms with Gasteiger partial charge in [-0.25, -0.2) is 9.78 Å². The number of nitriles is 1. The number of ether oxygens (including phenoxy) is 1. The first-order chi connectivity index (χ1) is 16.6. The lowest BCUT2D eigenvalue weighted by Gasteiger charge is -2.37. The smallest absolute Gasteiger partial charge is 0.417 e. The maximum absolute atomic E-state index is 12.9. The molecule has 0 spiro atoms. The molecule has 0 radical (unpaired) electrons. The molecular formula is C23H20ClF3N6O2. The molecule has 1 aliphatic heterocycles. The maximum atomic E-state index is 12.9. The van der Waals surface area contributed by atoms with Crippen molar-refractivity contribution in [2.45, 2.75) is 6.18 Å². The van der Waals surface area contributed by atoms with E-state index in [1.807, 2.05) is 23.1 Å². The summed E-state index contributed by atoms with van der Waals surface area (Å²) in [6, 6.07) is 10.2. The van der Waals surface area contributed by atoms with Gasteiger partial charge in [-0.15, -0.1) is 0 Å². The zero-order valence-corrected chi connectivity index (χ0v) is 19.3. The summed E-state index contributed by atoms with van der Waals surface area (Å²) in [5.41, 5.74) is 6.90. The van der Waals surface area contributed by atoms with Crippen molar-refractivity contribution < 1.29 is 22.7 Å². The molecule has 3 aromatic rings. The summed E-state index contributed by atoms with van der Waals surface area (Å²) in [5, 5.41) is 9.23. The van der Waals surface area contributed by atoms with E-state index in [0.717, 1.165) is 18.0 Å². The number of alkyl halides is 3. The monoisotopic (exact) mass is 504 g/mol. The lowest BCUT2D eigenvalue weighted by atomic mass is 10.2. The van der Waals surface area contributed by atoms with Gasteiger partial charge < -0.3 is 24.8 Å². The van der Waals surface area contributed by atoms with E-state index >= 15 is 0 Å². The number of hydrogen-bond acceptors (Lipinski definition) is 7. The van der Waals surface area contributed by atoms with Gasteiger partial charge in [-0.3, -0.25) is 0 Å². The Kier molecular flexibility index (Phi) is 6.49. The van der Waals surface area contributed by atoms with Gasteiger partial charge in [-0.05, 0) is 30.3 Å². The SMILES string of the molecule is COC(=O)c1c(N)c(C#N)cn1-c1ccc(N2CCN(c3ncc(C(F)(F)F)cc3Cl)CC2)cc1. The molecule has 3 heterocycles. The fourth-order valence-electron chi connectivity index (χ4n) is 3.94. The molecule has 0 saturated carbocycles. The molecule has 0 aliphatic carbocycles. The van der Waals surface area contributed by atoms with E-state index in [9.17, 15) is 23.2 Å². The number of methoxy groups -OCH3 is 1. The number of anilines is 3. The topological polar surface area (TPSA) is 100 Å². The van der Waals surface area contributed by atoms with Crippen LogP contribution in [-0.2, 0) is 10.9 Å². The summed E-state index contributed by atoms with van der Waals surface area (Å²) in [6.45, 7) is 2.24. The average molecular weight is 505 g/mol. The highest BCUT2D eigenvalue weighted by Gasteiger charge is 2.32. The highest BCUT2D eigenvalue weighted by Crippen LogP contribution is 2.34. The van der Waals surface area contributed by atoms with E-state index < -0.39 is 17.7 Å². The third-order valence-corrected chi connectivity index (χ3v) is 6.04. The number of carbonyl (C=O) groups excluding carboxylic acids is 1. The highest BCUT2D eigenvalue weighted by atomic mass is 35.5. The van der Waals surface area contributed by atoms with Gasteiger partial charge in [0.05, 0.1) is 28.9 Å². The van der Waals surface area contributed by atoms with E-state index in [4.69, 9.17) is 22.1 Å². The van der Waals surface area contributed by atoms with Crippen molar-refractivity contribution in [2.75, 3.05) is 48.8 Å². The fourth-order valence-corrected chi connectivity index (χ4v) is 4.22. The van der Waals surface area contributed by atoms with Crippen molar-refractivity contribution >= 4 is 34.8 Å². The first-order valence-corrected chi connectivity index (χ1v) is 10.8. The summed E-state index contributed by atoms with van der Waals surface area (Å²) in [4.78, 5) is 20.1. The van der Waals surface area contributed by atoms with Crippen LogP contribution in [0.3, 0.4) is 0 Å². The number of pyridine rings is 1. The minimum absolute atomic E-state index is 0.0400.